The van der Waals surface area contributed by atoms with Crippen LogP contribution in [0, 0.1) is 0 Å². The lowest BCUT2D eigenvalue weighted by Crippen LogP contribution is -2.38. The summed E-state index contributed by atoms with van der Waals surface area (Å²) in [6.45, 7) is 2.97. The minimum atomic E-state index is 0. The average molecular weight is 379 g/mol. The number of halogens is 1. The number of carbonyl (C=O) groups is 1. The normalized spacial score (nSPS) is 16.5. The lowest BCUT2D eigenvalue weighted by atomic mass is 10.1. The van der Waals surface area contributed by atoms with E-state index in [2.05, 4.69) is 27.7 Å². The first-order chi connectivity index (χ1) is 11.8. The van der Waals surface area contributed by atoms with Crippen molar-refractivity contribution in [2.24, 2.45) is 0 Å². The van der Waals surface area contributed by atoms with E-state index in [4.69, 9.17) is 0 Å². The van der Waals surface area contributed by atoms with Gasteiger partial charge in [-0.05, 0) is 42.9 Å². The third kappa shape index (κ3) is 6.14. The van der Waals surface area contributed by atoms with Gasteiger partial charge >= 0.3 is 0 Å². The topological polar surface area (TPSA) is 32.3 Å². The Balaban J connectivity index is 0.00000225. The van der Waals surface area contributed by atoms with Crippen molar-refractivity contribution in [3.8, 4) is 0 Å². The summed E-state index contributed by atoms with van der Waals surface area (Å²) in [6, 6.07) is 14.6. The molecule has 0 bridgehead atoms. The van der Waals surface area contributed by atoms with Crippen LogP contribution in [0.4, 0.5) is 0 Å². The maximum Gasteiger partial charge on any atom is 0.224 e. The first-order valence-electron chi connectivity index (χ1n) is 8.91. The first kappa shape index (κ1) is 20.0. The van der Waals surface area contributed by atoms with E-state index in [0.717, 1.165) is 18.7 Å². The number of likely N-dealkylation sites (tertiary alicyclic amines) is 1. The summed E-state index contributed by atoms with van der Waals surface area (Å²) in [6.07, 6.45) is 5.64. The van der Waals surface area contributed by atoms with Gasteiger partial charge < -0.3 is 5.32 Å². The molecule has 1 aromatic carbocycles. The molecule has 1 saturated heterocycles. The molecule has 2 heterocycles. The predicted octanol–water partition coefficient (Wildman–Crippen LogP) is 4.45. The second-order valence-electron chi connectivity index (χ2n) is 6.45. The number of thiophene rings is 1. The highest BCUT2D eigenvalue weighted by Crippen LogP contribution is 2.27. The van der Waals surface area contributed by atoms with Gasteiger partial charge in [-0.1, -0.05) is 49.2 Å². The molecule has 1 fully saturated rings. The predicted molar refractivity (Wildman–Crippen MR) is 108 cm³/mol. The molecule has 0 aliphatic carbocycles. The molecular weight excluding hydrogens is 352 g/mol. The highest BCUT2D eigenvalue weighted by Gasteiger charge is 2.22. The molecule has 1 atom stereocenters. The molecule has 136 valence electrons. The Bertz CT molecular complexity index is 610. The highest BCUT2D eigenvalue weighted by molar-refractivity contribution is 7.10. The van der Waals surface area contributed by atoms with Gasteiger partial charge in [0.25, 0.3) is 0 Å². The van der Waals surface area contributed by atoms with E-state index >= 15 is 0 Å². The number of benzene rings is 1. The smallest absolute Gasteiger partial charge is 0.224 e. The Morgan fingerprint density at radius 1 is 1.04 bits per heavy atom. The molecule has 5 heteroatoms. The van der Waals surface area contributed by atoms with Crippen LogP contribution in [0.15, 0.2) is 47.8 Å². The van der Waals surface area contributed by atoms with Crippen LogP contribution in [-0.4, -0.2) is 30.4 Å². The Labute approximate surface area is 160 Å². The molecule has 1 aromatic heterocycles. The average Bonchev–Trinajstić information content (AvgIpc) is 2.99. The van der Waals surface area contributed by atoms with Crippen molar-refractivity contribution in [1.82, 2.24) is 10.2 Å². The summed E-state index contributed by atoms with van der Waals surface area (Å²) >= 11 is 1.79. The van der Waals surface area contributed by atoms with E-state index in [1.807, 2.05) is 30.3 Å². The summed E-state index contributed by atoms with van der Waals surface area (Å²) in [5.74, 6) is 0.109. The summed E-state index contributed by atoms with van der Waals surface area (Å²) in [7, 11) is 0. The number of nitrogens with zero attached hydrogens (tertiary/aromatic N) is 1. The van der Waals surface area contributed by atoms with E-state index in [0.29, 0.717) is 19.0 Å². The molecule has 0 spiro atoms. The fourth-order valence-corrected chi connectivity index (χ4v) is 4.21. The number of hydrogen-bond acceptors (Lipinski definition) is 3. The van der Waals surface area contributed by atoms with E-state index in [1.165, 1.54) is 30.6 Å². The Morgan fingerprint density at radius 2 is 1.76 bits per heavy atom. The summed E-state index contributed by atoms with van der Waals surface area (Å²) in [5, 5.41) is 5.29. The maximum absolute atomic E-state index is 12.3. The van der Waals surface area contributed by atoms with Crippen LogP contribution in [0.5, 0.6) is 0 Å². The molecule has 0 radical (unpaired) electrons. The highest BCUT2D eigenvalue weighted by atomic mass is 35.5. The van der Waals surface area contributed by atoms with Crippen molar-refractivity contribution in [1.29, 1.82) is 0 Å². The van der Waals surface area contributed by atoms with Crippen LogP contribution in [0.2, 0.25) is 0 Å². The second-order valence-corrected chi connectivity index (χ2v) is 7.43. The summed E-state index contributed by atoms with van der Waals surface area (Å²) < 4.78 is 0. The van der Waals surface area contributed by atoms with E-state index in [1.54, 1.807) is 11.3 Å². The maximum atomic E-state index is 12.3. The summed E-state index contributed by atoms with van der Waals surface area (Å²) in [5.41, 5.74) is 1.07. The molecule has 3 rings (SSSR count). The Morgan fingerprint density at radius 3 is 2.40 bits per heavy atom. The minimum absolute atomic E-state index is 0. The monoisotopic (exact) mass is 378 g/mol. The molecule has 1 unspecified atom stereocenters. The Kier molecular flexibility index (Phi) is 8.45. The molecule has 25 heavy (non-hydrogen) atoms. The van der Waals surface area contributed by atoms with Gasteiger partial charge in [0.05, 0.1) is 12.5 Å². The van der Waals surface area contributed by atoms with Gasteiger partial charge in [-0.25, -0.2) is 0 Å². The second kappa shape index (κ2) is 10.6. The summed E-state index contributed by atoms with van der Waals surface area (Å²) in [4.78, 5) is 16.2. The zero-order chi connectivity index (χ0) is 16.6. The van der Waals surface area contributed by atoms with Gasteiger partial charge in [0.15, 0.2) is 0 Å². The number of amides is 1. The van der Waals surface area contributed by atoms with E-state index in [-0.39, 0.29) is 18.3 Å². The standard InChI is InChI=1S/C20H26N2OS.ClH/c23-20(15-17-9-4-3-5-10-17)21-16-18(19-11-8-14-24-19)22-12-6-1-2-7-13-22;/h3-5,8-11,14,18H,1-2,6-7,12-13,15-16H2,(H,21,23);1H. The van der Waals surface area contributed by atoms with Gasteiger partial charge in [-0.2, -0.15) is 0 Å². The van der Waals surface area contributed by atoms with Crippen LogP contribution >= 0.6 is 23.7 Å². The van der Waals surface area contributed by atoms with Gasteiger partial charge in [-0.15, -0.1) is 23.7 Å². The molecule has 1 amide bonds. The van der Waals surface area contributed by atoms with Crippen LogP contribution in [-0.2, 0) is 11.2 Å². The van der Waals surface area contributed by atoms with E-state index in [9.17, 15) is 4.79 Å². The fourth-order valence-electron chi connectivity index (χ4n) is 3.35. The number of nitrogens with one attached hydrogen (secondary N) is 1. The van der Waals surface area contributed by atoms with Crippen molar-refractivity contribution in [2.75, 3.05) is 19.6 Å². The molecule has 1 aliphatic heterocycles. The van der Waals surface area contributed by atoms with Crippen molar-refractivity contribution < 1.29 is 4.79 Å². The Hall–Kier alpha value is -1.36. The molecule has 1 N–H and O–H groups in total. The number of carbonyl (C=O) groups excluding carboxylic acids is 1. The third-order valence-electron chi connectivity index (χ3n) is 4.65. The van der Waals surface area contributed by atoms with Crippen LogP contribution in [0.3, 0.4) is 0 Å². The third-order valence-corrected chi connectivity index (χ3v) is 5.63. The van der Waals surface area contributed by atoms with Crippen LogP contribution in [0.25, 0.3) is 0 Å². The minimum Gasteiger partial charge on any atom is -0.354 e. The number of rotatable bonds is 6. The molecule has 0 saturated carbocycles. The van der Waals surface area contributed by atoms with Crippen LogP contribution < -0.4 is 5.32 Å². The zero-order valence-electron chi connectivity index (χ0n) is 14.5. The van der Waals surface area contributed by atoms with Crippen molar-refractivity contribution in [3.05, 3.63) is 58.3 Å². The fraction of sp³-hybridized carbons (Fsp3) is 0.450. The largest absolute Gasteiger partial charge is 0.354 e. The molecule has 1 aliphatic rings. The van der Waals surface area contributed by atoms with Gasteiger partial charge in [-0.3, -0.25) is 9.69 Å². The van der Waals surface area contributed by atoms with Crippen LogP contribution in [0.1, 0.15) is 42.2 Å². The SMILES string of the molecule is Cl.O=C(Cc1ccccc1)NCC(c1cccs1)N1CCCCCC1. The molecule has 3 nitrogen and oxygen atoms in total. The van der Waals surface area contributed by atoms with Crippen molar-refractivity contribution in [3.63, 3.8) is 0 Å². The lowest BCUT2D eigenvalue weighted by molar-refractivity contribution is -0.120. The van der Waals surface area contributed by atoms with Gasteiger partial charge in [0.2, 0.25) is 5.91 Å². The lowest BCUT2D eigenvalue weighted by Gasteiger charge is -2.30. The van der Waals surface area contributed by atoms with E-state index < -0.39 is 0 Å². The molecule has 2 aromatic rings. The first-order valence-corrected chi connectivity index (χ1v) is 9.79. The number of hydrogen-bond donors (Lipinski definition) is 1. The van der Waals surface area contributed by atoms with Gasteiger partial charge in [0, 0.05) is 11.4 Å². The van der Waals surface area contributed by atoms with Gasteiger partial charge in [0.1, 0.15) is 0 Å². The molecular formula is C20H27ClN2OS. The zero-order valence-corrected chi connectivity index (χ0v) is 16.2. The quantitative estimate of drug-likeness (QED) is 0.805. The van der Waals surface area contributed by atoms with Crippen molar-refractivity contribution in [2.45, 2.75) is 38.1 Å². The van der Waals surface area contributed by atoms with Crippen molar-refractivity contribution >= 4 is 29.7 Å².